The lowest BCUT2D eigenvalue weighted by Crippen LogP contribution is -1.83. The smallest absolute Gasteiger partial charge is 0.0717 e. The number of halogens is 2. The van der Waals surface area contributed by atoms with Crippen LogP contribution in [-0.4, -0.2) is 35.8 Å². The van der Waals surface area contributed by atoms with E-state index in [9.17, 15) is 0 Å². The van der Waals surface area contributed by atoms with E-state index in [1.165, 1.54) is 38.3 Å². The van der Waals surface area contributed by atoms with E-state index < -0.39 is 0 Å². The maximum Gasteiger partial charge on any atom is 0.0717 e. The van der Waals surface area contributed by atoms with Crippen LogP contribution in [-0.2, 0) is 0 Å². The van der Waals surface area contributed by atoms with Gasteiger partial charge in [-0.25, -0.2) is 0 Å². The minimum absolute atomic E-state index is 0.769. The number of hydrogen-bond acceptors (Lipinski definition) is 8. The fourth-order valence-electron chi connectivity index (χ4n) is 1.86. The molecule has 10 heteroatoms. The van der Waals surface area contributed by atoms with Gasteiger partial charge in [-0.2, -0.15) is 0 Å². The zero-order chi connectivity index (χ0) is 18.8. The van der Waals surface area contributed by atoms with Crippen molar-refractivity contribution in [2.75, 3.05) is 35.8 Å². The molecule has 0 fully saturated rings. The van der Waals surface area contributed by atoms with Gasteiger partial charge in [0, 0.05) is 11.8 Å². The summed E-state index contributed by atoms with van der Waals surface area (Å²) in [6.07, 6.45) is 8.95. The number of hydrogen-bond donors (Lipinski definition) is 0. The monoisotopic (exact) mass is 540 g/mol. The molecule has 0 nitrogen and oxygen atoms in total. The van der Waals surface area contributed by atoms with Crippen LogP contribution in [0.1, 0.15) is 25.7 Å². The van der Waals surface area contributed by atoms with E-state index in [2.05, 4.69) is 12.5 Å². The Hall–Kier alpha value is 2.60. The van der Waals surface area contributed by atoms with E-state index in [0.29, 0.717) is 0 Å². The van der Waals surface area contributed by atoms with Crippen LogP contribution in [0.5, 0.6) is 0 Å². The second-order valence-corrected chi connectivity index (χ2v) is 15.3. The molecule has 0 aromatic carbocycles. The van der Waals surface area contributed by atoms with Crippen LogP contribution in [0.3, 0.4) is 0 Å². The molecule has 2 heterocycles. The van der Waals surface area contributed by atoms with Gasteiger partial charge in [-0.15, -0.1) is 70.2 Å². The average Bonchev–Trinajstić information content (AvgIpc) is 3.26. The molecule has 0 saturated heterocycles. The molecule has 0 aliphatic carbocycles. The maximum atomic E-state index is 5.82. The minimum Gasteiger partial charge on any atom is -0.127 e. The van der Waals surface area contributed by atoms with Gasteiger partial charge in [0.15, 0.2) is 0 Å². The van der Waals surface area contributed by atoms with Crippen molar-refractivity contribution >= 4 is 117 Å². The van der Waals surface area contributed by atoms with E-state index >= 15 is 0 Å². The predicted molar refractivity (Wildman–Crippen MR) is 143 cm³/mol. The summed E-state index contributed by atoms with van der Waals surface area (Å²) in [5, 5.41) is 0. The van der Waals surface area contributed by atoms with Crippen LogP contribution >= 0.6 is 117 Å². The molecule has 2 aliphatic heterocycles. The molecule has 0 aromatic rings. The molecule has 0 atom stereocenters. The van der Waals surface area contributed by atoms with Crippen LogP contribution in [0.15, 0.2) is 25.4 Å². The molecule has 0 N–H and O–H groups in total. The number of alkyl halides is 2. The van der Waals surface area contributed by atoms with Crippen molar-refractivity contribution in [1.29, 1.82) is 0 Å². The number of unbranched alkanes of at least 4 members (excludes halogenated alkanes) is 2. The first-order valence-electron chi connectivity index (χ1n) is 8.13. The molecule has 2 rings (SSSR count). The van der Waals surface area contributed by atoms with E-state index in [1.807, 2.05) is 94.1 Å². The molecule has 0 aromatic heterocycles. The second-order valence-electron chi connectivity index (χ2n) is 5.03. The van der Waals surface area contributed by atoms with E-state index in [0.717, 1.165) is 36.1 Å². The van der Waals surface area contributed by atoms with Crippen molar-refractivity contribution in [3.63, 3.8) is 0 Å². The molecule has 2 aliphatic rings. The highest BCUT2D eigenvalue weighted by Crippen LogP contribution is 2.65. The topological polar surface area (TPSA) is 0 Å². The molecule has 0 saturated carbocycles. The zero-order valence-electron chi connectivity index (χ0n) is 14.7. The Bertz CT molecular complexity index is 514. The molecular formula is C16H22Cl2S8. The van der Waals surface area contributed by atoms with Crippen molar-refractivity contribution in [2.45, 2.75) is 25.7 Å². The first-order valence-corrected chi connectivity index (χ1v) is 16.9. The van der Waals surface area contributed by atoms with Crippen molar-refractivity contribution in [1.82, 2.24) is 0 Å². The minimum atomic E-state index is 0.769. The third kappa shape index (κ3) is 8.03. The maximum absolute atomic E-state index is 5.82. The van der Waals surface area contributed by atoms with Crippen LogP contribution in [0, 0.1) is 0 Å². The molecular weight excluding hydrogens is 520 g/mol. The van der Waals surface area contributed by atoms with Crippen molar-refractivity contribution in [2.24, 2.45) is 0 Å². The highest BCUT2D eigenvalue weighted by Gasteiger charge is 2.29. The lowest BCUT2D eigenvalue weighted by molar-refractivity contribution is 0.904. The summed E-state index contributed by atoms with van der Waals surface area (Å²) in [5.41, 5.74) is 0. The number of thioether (sulfide) groups is 8. The Morgan fingerprint density at radius 2 is 1.00 bits per heavy atom. The first-order chi connectivity index (χ1) is 12.7. The normalized spacial score (nSPS) is 18.0. The first kappa shape index (κ1) is 24.9. The Labute approximate surface area is 202 Å². The highest BCUT2D eigenvalue weighted by atomic mass is 35.5. The van der Waals surface area contributed by atoms with E-state index in [4.69, 9.17) is 23.2 Å². The highest BCUT2D eigenvalue weighted by molar-refractivity contribution is 8.45. The third-order valence-electron chi connectivity index (χ3n) is 3.13. The van der Waals surface area contributed by atoms with E-state index in [1.54, 1.807) is 0 Å². The van der Waals surface area contributed by atoms with Gasteiger partial charge in [0.2, 0.25) is 0 Å². The lowest BCUT2D eigenvalue weighted by atomic mass is 10.4. The van der Waals surface area contributed by atoms with Gasteiger partial charge in [0.1, 0.15) is 0 Å². The van der Waals surface area contributed by atoms with Gasteiger partial charge < -0.3 is 0 Å². The standard InChI is InChI=1S/C16H22Cl2S8/c1-19-11-12(20-2)24-15(23-11)16-25-13(21-9-5-3-7-17)14(26-16)22-10-6-4-8-18/h3-10H2,1-2H3. The van der Waals surface area contributed by atoms with Gasteiger partial charge in [0.05, 0.1) is 25.4 Å². The second kappa shape index (κ2) is 14.6. The van der Waals surface area contributed by atoms with E-state index in [-0.39, 0.29) is 0 Å². The van der Waals surface area contributed by atoms with Crippen LogP contribution < -0.4 is 0 Å². The number of rotatable bonds is 12. The van der Waals surface area contributed by atoms with Crippen molar-refractivity contribution < 1.29 is 0 Å². The van der Waals surface area contributed by atoms with Gasteiger partial charge in [-0.3, -0.25) is 0 Å². The Morgan fingerprint density at radius 1 is 0.615 bits per heavy atom. The van der Waals surface area contributed by atoms with Gasteiger partial charge in [-0.1, -0.05) is 47.0 Å². The molecule has 26 heavy (non-hydrogen) atoms. The van der Waals surface area contributed by atoms with Gasteiger partial charge in [-0.05, 0) is 49.7 Å². The van der Waals surface area contributed by atoms with Gasteiger partial charge >= 0.3 is 0 Å². The van der Waals surface area contributed by atoms with Crippen LogP contribution in [0.25, 0.3) is 0 Å². The SMILES string of the molecule is CSC1=C(SC)SC(=C2SC(SCCCCCl)=C(SCCCCCl)S2)S1. The molecule has 0 bridgehead atoms. The summed E-state index contributed by atoms with van der Waals surface area (Å²) in [6.45, 7) is 0. The lowest BCUT2D eigenvalue weighted by Gasteiger charge is -2.04. The summed E-state index contributed by atoms with van der Waals surface area (Å²) in [5.74, 6) is 3.86. The average molecular weight is 542 g/mol. The molecule has 0 amide bonds. The summed E-state index contributed by atoms with van der Waals surface area (Å²) in [6, 6.07) is 0. The van der Waals surface area contributed by atoms with Gasteiger partial charge in [0.25, 0.3) is 0 Å². The third-order valence-corrected chi connectivity index (χ3v) is 15.1. The van der Waals surface area contributed by atoms with Crippen molar-refractivity contribution in [3.8, 4) is 0 Å². The molecule has 148 valence electrons. The molecule has 0 spiro atoms. The zero-order valence-corrected chi connectivity index (χ0v) is 22.7. The fraction of sp³-hybridized carbons (Fsp3) is 0.625. The Balaban J connectivity index is 1.99. The summed E-state index contributed by atoms with van der Waals surface area (Å²) in [7, 11) is 0. The van der Waals surface area contributed by atoms with Crippen molar-refractivity contribution in [3.05, 3.63) is 25.4 Å². The van der Waals surface area contributed by atoms with Crippen LogP contribution in [0.4, 0.5) is 0 Å². The Kier molecular flexibility index (Phi) is 13.9. The predicted octanol–water partition coefficient (Wildman–Crippen LogP) is 9.56. The summed E-state index contributed by atoms with van der Waals surface area (Å²) >= 11 is 27.3. The van der Waals surface area contributed by atoms with Crippen LogP contribution in [0.2, 0.25) is 0 Å². The molecule has 0 radical (unpaired) electrons. The quantitative estimate of drug-likeness (QED) is 0.175. The molecule has 0 unspecified atom stereocenters. The summed E-state index contributed by atoms with van der Waals surface area (Å²) in [4.78, 5) is 0. The largest absolute Gasteiger partial charge is 0.127 e. The Morgan fingerprint density at radius 3 is 1.35 bits per heavy atom. The summed E-state index contributed by atoms with van der Waals surface area (Å²) < 4.78 is 8.82. The fourth-order valence-corrected chi connectivity index (χ4v) is 13.5.